The lowest BCUT2D eigenvalue weighted by atomic mass is 10.2. The molecule has 17 heavy (non-hydrogen) atoms. The fraction of sp³-hybridized carbons (Fsp3) is 0.417. The number of nitrogens with zero attached hydrogens (tertiary/aromatic N) is 1. The number of amides is 1. The Morgan fingerprint density at radius 3 is 2.82 bits per heavy atom. The summed E-state index contributed by atoms with van der Waals surface area (Å²) < 4.78 is 13.3. The molecule has 0 aromatic heterocycles. The summed E-state index contributed by atoms with van der Waals surface area (Å²) in [5.74, 6) is 4.60. The summed E-state index contributed by atoms with van der Waals surface area (Å²) in [5.41, 5.74) is 2.75. The van der Waals surface area contributed by atoms with E-state index in [1.807, 2.05) is 18.0 Å². The van der Waals surface area contributed by atoms with Gasteiger partial charge in [0, 0.05) is 18.5 Å². The second-order valence-electron chi connectivity index (χ2n) is 4.00. The van der Waals surface area contributed by atoms with Crippen molar-refractivity contribution >= 4 is 5.91 Å². The number of hydrogen-bond donors (Lipinski definition) is 2. The number of nitrogens with one attached hydrogen (secondary N) is 1. The van der Waals surface area contributed by atoms with Gasteiger partial charge in [0.1, 0.15) is 5.82 Å². The lowest BCUT2D eigenvalue weighted by Gasteiger charge is -2.16. The predicted molar refractivity (Wildman–Crippen MR) is 64.3 cm³/mol. The summed E-state index contributed by atoms with van der Waals surface area (Å²) in [6.07, 6.45) is 1.09. The van der Waals surface area contributed by atoms with Crippen LogP contribution in [0.25, 0.3) is 0 Å². The molecule has 5 heteroatoms. The zero-order valence-electron chi connectivity index (χ0n) is 9.95. The Kier molecular flexibility index (Phi) is 5.59. The number of carbonyl (C=O) groups is 1. The SMILES string of the molecule is CN(CCCC(=O)NN)Cc1ccccc1F. The van der Waals surface area contributed by atoms with Gasteiger partial charge in [0.15, 0.2) is 0 Å². The van der Waals surface area contributed by atoms with Crippen LogP contribution in [-0.4, -0.2) is 24.4 Å². The molecular weight excluding hydrogens is 221 g/mol. The molecule has 94 valence electrons. The van der Waals surface area contributed by atoms with Crippen molar-refractivity contribution in [3.8, 4) is 0 Å². The van der Waals surface area contributed by atoms with E-state index in [9.17, 15) is 9.18 Å². The Morgan fingerprint density at radius 2 is 2.18 bits per heavy atom. The van der Waals surface area contributed by atoms with Crippen molar-refractivity contribution in [2.45, 2.75) is 19.4 Å². The first-order chi connectivity index (χ1) is 8.13. The second kappa shape index (κ2) is 6.98. The number of rotatable bonds is 6. The van der Waals surface area contributed by atoms with E-state index < -0.39 is 0 Å². The van der Waals surface area contributed by atoms with Gasteiger partial charge in [-0.05, 0) is 26.1 Å². The van der Waals surface area contributed by atoms with Crippen LogP contribution < -0.4 is 11.3 Å². The number of benzene rings is 1. The number of hydrogen-bond acceptors (Lipinski definition) is 3. The Morgan fingerprint density at radius 1 is 1.47 bits per heavy atom. The quantitative estimate of drug-likeness (QED) is 0.443. The van der Waals surface area contributed by atoms with Crippen LogP contribution in [0.3, 0.4) is 0 Å². The first-order valence-corrected chi connectivity index (χ1v) is 5.55. The van der Waals surface area contributed by atoms with E-state index in [0.29, 0.717) is 24.9 Å². The molecule has 1 rings (SSSR count). The highest BCUT2D eigenvalue weighted by molar-refractivity contribution is 5.75. The molecule has 3 N–H and O–H groups in total. The molecule has 1 aromatic rings. The minimum Gasteiger partial charge on any atom is -0.302 e. The Hall–Kier alpha value is -1.46. The molecule has 0 aliphatic rings. The standard InChI is InChI=1S/C12H18FN3O/c1-16(8-4-7-12(17)15-14)9-10-5-2-3-6-11(10)13/h2-3,5-6H,4,7-9,14H2,1H3,(H,15,17). The van der Waals surface area contributed by atoms with Crippen molar-refractivity contribution in [2.75, 3.05) is 13.6 Å². The molecule has 0 heterocycles. The molecule has 0 aliphatic heterocycles. The van der Waals surface area contributed by atoms with E-state index in [1.165, 1.54) is 6.07 Å². The fourth-order valence-electron chi connectivity index (χ4n) is 1.58. The molecule has 1 aromatic carbocycles. The van der Waals surface area contributed by atoms with Gasteiger partial charge in [0.05, 0.1) is 0 Å². The molecule has 0 fully saturated rings. The predicted octanol–water partition coefficient (Wildman–Crippen LogP) is 1.03. The highest BCUT2D eigenvalue weighted by Crippen LogP contribution is 2.09. The summed E-state index contributed by atoms with van der Waals surface area (Å²) in [7, 11) is 1.90. The van der Waals surface area contributed by atoms with Crippen molar-refractivity contribution in [3.63, 3.8) is 0 Å². The van der Waals surface area contributed by atoms with Crippen LogP contribution in [0.1, 0.15) is 18.4 Å². The molecule has 0 bridgehead atoms. The van der Waals surface area contributed by atoms with Crippen LogP contribution in [-0.2, 0) is 11.3 Å². The molecule has 0 radical (unpaired) electrons. The van der Waals surface area contributed by atoms with Crippen molar-refractivity contribution in [3.05, 3.63) is 35.6 Å². The smallest absolute Gasteiger partial charge is 0.233 e. The summed E-state index contributed by atoms with van der Waals surface area (Å²) in [6.45, 7) is 1.26. The molecule has 0 aliphatic carbocycles. The van der Waals surface area contributed by atoms with Gasteiger partial charge in [0.25, 0.3) is 0 Å². The largest absolute Gasteiger partial charge is 0.302 e. The van der Waals surface area contributed by atoms with Crippen LogP contribution in [0.2, 0.25) is 0 Å². The van der Waals surface area contributed by atoms with Gasteiger partial charge in [-0.15, -0.1) is 0 Å². The molecule has 0 saturated carbocycles. The highest BCUT2D eigenvalue weighted by Gasteiger charge is 2.05. The van der Waals surface area contributed by atoms with Gasteiger partial charge in [-0.2, -0.15) is 0 Å². The average molecular weight is 239 g/mol. The van der Waals surface area contributed by atoms with Crippen LogP contribution in [0.5, 0.6) is 0 Å². The van der Waals surface area contributed by atoms with E-state index in [1.54, 1.807) is 12.1 Å². The number of nitrogens with two attached hydrogens (primary N) is 1. The van der Waals surface area contributed by atoms with Crippen molar-refractivity contribution < 1.29 is 9.18 Å². The third kappa shape index (κ3) is 4.93. The Labute approximate surface area is 101 Å². The fourth-order valence-corrected chi connectivity index (χ4v) is 1.58. The van der Waals surface area contributed by atoms with Crippen molar-refractivity contribution in [1.82, 2.24) is 10.3 Å². The van der Waals surface area contributed by atoms with Gasteiger partial charge >= 0.3 is 0 Å². The normalized spacial score (nSPS) is 10.6. The molecule has 0 atom stereocenters. The Bertz CT molecular complexity index is 371. The van der Waals surface area contributed by atoms with Gasteiger partial charge < -0.3 is 4.90 Å². The van der Waals surface area contributed by atoms with E-state index in [4.69, 9.17) is 5.84 Å². The lowest BCUT2D eigenvalue weighted by Crippen LogP contribution is -2.30. The van der Waals surface area contributed by atoms with Gasteiger partial charge in [0.2, 0.25) is 5.91 Å². The first-order valence-electron chi connectivity index (χ1n) is 5.55. The molecule has 0 saturated heterocycles. The van der Waals surface area contributed by atoms with Gasteiger partial charge in [-0.3, -0.25) is 10.2 Å². The van der Waals surface area contributed by atoms with E-state index in [2.05, 4.69) is 5.43 Å². The number of halogens is 1. The van der Waals surface area contributed by atoms with Crippen LogP contribution in [0.4, 0.5) is 4.39 Å². The average Bonchev–Trinajstić information content (AvgIpc) is 2.32. The van der Waals surface area contributed by atoms with Gasteiger partial charge in [-0.1, -0.05) is 18.2 Å². The van der Waals surface area contributed by atoms with E-state index in [0.717, 1.165) is 6.54 Å². The Balaban J connectivity index is 2.32. The molecule has 0 spiro atoms. The number of hydrazine groups is 1. The van der Waals surface area contributed by atoms with Crippen molar-refractivity contribution in [2.24, 2.45) is 5.84 Å². The topological polar surface area (TPSA) is 58.4 Å². The summed E-state index contributed by atoms with van der Waals surface area (Å²) in [6, 6.07) is 6.70. The maximum atomic E-state index is 13.3. The number of carbonyl (C=O) groups excluding carboxylic acids is 1. The highest BCUT2D eigenvalue weighted by atomic mass is 19.1. The summed E-state index contributed by atoms with van der Waals surface area (Å²) >= 11 is 0. The summed E-state index contributed by atoms with van der Waals surface area (Å²) in [4.78, 5) is 12.9. The maximum absolute atomic E-state index is 13.3. The van der Waals surface area contributed by atoms with E-state index in [-0.39, 0.29) is 11.7 Å². The van der Waals surface area contributed by atoms with Gasteiger partial charge in [-0.25, -0.2) is 10.2 Å². The molecule has 1 amide bonds. The maximum Gasteiger partial charge on any atom is 0.233 e. The zero-order chi connectivity index (χ0) is 12.7. The monoisotopic (exact) mass is 239 g/mol. The molecule has 4 nitrogen and oxygen atoms in total. The molecular formula is C12H18FN3O. The summed E-state index contributed by atoms with van der Waals surface area (Å²) in [5, 5.41) is 0. The third-order valence-corrected chi connectivity index (χ3v) is 2.50. The van der Waals surface area contributed by atoms with E-state index >= 15 is 0 Å². The minimum atomic E-state index is -0.195. The zero-order valence-corrected chi connectivity index (χ0v) is 9.95. The minimum absolute atomic E-state index is 0.177. The first kappa shape index (κ1) is 13.6. The van der Waals surface area contributed by atoms with Crippen molar-refractivity contribution in [1.29, 1.82) is 0 Å². The van der Waals surface area contributed by atoms with Crippen LogP contribution in [0, 0.1) is 5.82 Å². The van der Waals surface area contributed by atoms with Crippen LogP contribution >= 0.6 is 0 Å². The molecule has 0 unspecified atom stereocenters. The third-order valence-electron chi connectivity index (χ3n) is 2.50. The lowest BCUT2D eigenvalue weighted by molar-refractivity contribution is -0.121. The second-order valence-corrected chi connectivity index (χ2v) is 4.00. The van der Waals surface area contributed by atoms with Crippen LogP contribution in [0.15, 0.2) is 24.3 Å².